The Kier molecular flexibility index (Phi) is 2.45. The molecule has 0 N–H and O–H groups in total. The van der Waals surface area contributed by atoms with Gasteiger partial charge in [-0.15, -0.1) is 0 Å². The third-order valence-corrected chi connectivity index (χ3v) is 1.56. The third-order valence-electron chi connectivity index (χ3n) is 1.56. The molecule has 0 bridgehead atoms. The largest absolute Gasteiger partial charge is 0.381 e. The van der Waals surface area contributed by atoms with Crippen LogP contribution in [-0.4, -0.2) is 45.0 Å². The molecule has 0 aliphatic carbocycles. The van der Waals surface area contributed by atoms with E-state index < -0.39 is 0 Å². The summed E-state index contributed by atoms with van der Waals surface area (Å²) in [5.74, 6) is 0. The molecule has 54 valence electrons. The van der Waals surface area contributed by atoms with Crippen molar-refractivity contribution in [2.75, 3.05) is 33.9 Å². The Morgan fingerprint density at radius 1 is 1.78 bits per heavy atom. The number of hydrogen-bond donors (Lipinski definition) is 0. The maximum absolute atomic E-state index is 5.31. The summed E-state index contributed by atoms with van der Waals surface area (Å²) in [6, 6.07) is 0. The summed E-state index contributed by atoms with van der Waals surface area (Å²) < 4.78 is 10.2. The standard InChI is InChI=1S/C6H13NO2/c1-7-3-4-9-6(7)5-8-2/h6H,3-5H2,1-2H3/t6-/m1/s1. The van der Waals surface area contributed by atoms with E-state index in [1.165, 1.54) is 0 Å². The normalized spacial score (nSPS) is 29.3. The van der Waals surface area contributed by atoms with Crippen LogP contribution < -0.4 is 0 Å². The van der Waals surface area contributed by atoms with E-state index in [2.05, 4.69) is 4.90 Å². The average molecular weight is 131 g/mol. The lowest BCUT2D eigenvalue weighted by molar-refractivity contribution is -0.0153. The molecular weight excluding hydrogens is 118 g/mol. The first-order valence-electron chi connectivity index (χ1n) is 3.15. The van der Waals surface area contributed by atoms with Crippen molar-refractivity contribution in [3.8, 4) is 0 Å². The zero-order chi connectivity index (χ0) is 6.69. The highest BCUT2D eigenvalue weighted by Crippen LogP contribution is 2.05. The Morgan fingerprint density at radius 3 is 3.00 bits per heavy atom. The van der Waals surface area contributed by atoms with Crippen LogP contribution in [0.1, 0.15) is 0 Å². The molecule has 0 unspecified atom stereocenters. The van der Waals surface area contributed by atoms with Gasteiger partial charge in [-0.1, -0.05) is 0 Å². The van der Waals surface area contributed by atoms with Crippen LogP contribution in [0.25, 0.3) is 0 Å². The molecule has 0 saturated carbocycles. The quantitative estimate of drug-likeness (QED) is 0.523. The second kappa shape index (κ2) is 3.15. The van der Waals surface area contributed by atoms with Gasteiger partial charge >= 0.3 is 0 Å². The van der Waals surface area contributed by atoms with Crippen molar-refractivity contribution in [3.05, 3.63) is 0 Å². The first-order chi connectivity index (χ1) is 4.34. The second-order valence-electron chi connectivity index (χ2n) is 2.26. The number of hydrogen-bond acceptors (Lipinski definition) is 3. The molecule has 0 aromatic heterocycles. The van der Waals surface area contributed by atoms with Gasteiger partial charge in [0.2, 0.25) is 0 Å². The molecule has 0 aromatic rings. The predicted octanol–water partition coefficient (Wildman–Crippen LogP) is -0.0791. The summed E-state index contributed by atoms with van der Waals surface area (Å²) in [7, 11) is 3.73. The van der Waals surface area contributed by atoms with E-state index in [0.29, 0.717) is 6.61 Å². The number of rotatable bonds is 2. The van der Waals surface area contributed by atoms with E-state index in [1.54, 1.807) is 7.11 Å². The fraction of sp³-hybridized carbons (Fsp3) is 1.00. The fourth-order valence-electron chi connectivity index (χ4n) is 0.922. The third kappa shape index (κ3) is 1.64. The molecule has 1 aliphatic rings. The van der Waals surface area contributed by atoms with E-state index in [4.69, 9.17) is 9.47 Å². The van der Waals surface area contributed by atoms with Crippen molar-refractivity contribution < 1.29 is 9.47 Å². The minimum Gasteiger partial charge on any atom is -0.381 e. The van der Waals surface area contributed by atoms with Gasteiger partial charge < -0.3 is 9.47 Å². The predicted molar refractivity (Wildman–Crippen MR) is 34.2 cm³/mol. The number of nitrogens with zero attached hydrogens (tertiary/aromatic N) is 1. The Labute approximate surface area is 55.5 Å². The molecule has 1 aliphatic heterocycles. The van der Waals surface area contributed by atoms with E-state index in [0.717, 1.165) is 13.2 Å². The molecule has 3 nitrogen and oxygen atoms in total. The minimum absolute atomic E-state index is 0.190. The molecule has 0 amide bonds. The molecule has 1 heterocycles. The van der Waals surface area contributed by atoms with E-state index >= 15 is 0 Å². The molecule has 1 atom stereocenters. The van der Waals surface area contributed by atoms with Crippen LogP contribution in [0.2, 0.25) is 0 Å². The first kappa shape index (κ1) is 6.99. The van der Waals surface area contributed by atoms with Crippen LogP contribution >= 0.6 is 0 Å². The molecule has 1 fully saturated rings. The molecular formula is C6H13NO2. The molecule has 3 heteroatoms. The number of methoxy groups -OCH3 is 1. The van der Waals surface area contributed by atoms with Crippen LogP contribution in [-0.2, 0) is 9.47 Å². The smallest absolute Gasteiger partial charge is 0.134 e. The average Bonchev–Trinajstić information content (AvgIpc) is 2.18. The van der Waals surface area contributed by atoms with Crippen LogP contribution in [0.4, 0.5) is 0 Å². The second-order valence-corrected chi connectivity index (χ2v) is 2.26. The zero-order valence-corrected chi connectivity index (χ0v) is 5.96. The van der Waals surface area contributed by atoms with Gasteiger partial charge in [0.15, 0.2) is 0 Å². The molecule has 1 saturated heterocycles. The van der Waals surface area contributed by atoms with Crippen molar-refractivity contribution in [3.63, 3.8) is 0 Å². The van der Waals surface area contributed by atoms with Gasteiger partial charge in [-0.3, -0.25) is 4.90 Å². The lowest BCUT2D eigenvalue weighted by Gasteiger charge is -2.15. The fourth-order valence-corrected chi connectivity index (χ4v) is 0.922. The maximum atomic E-state index is 5.31. The van der Waals surface area contributed by atoms with Crippen LogP contribution in [0.5, 0.6) is 0 Å². The lowest BCUT2D eigenvalue weighted by atomic mass is 10.5. The summed E-state index contributed by atoms with van der Waals surface area (Å²) >= 11 is 0. The van der Waals surface area contributed by atoms with Gasteiger partial charge in [-0.05, 0) is 7.05 Å². The van der Waals surface area contributed by atoms with Gasteiger partial charge in [0.1, 0.15) is 6.23 Å². The Morgan fingerprint density at radius 2 is 2.56 bits per heavy atom. The Bertz CT molecular complexity index is 87.1. The van der Waals surface area contributed by atoms with Gasteiger partial charge in [-0.25, -0.2) is 0 Å². The van der Waals surface area contributed by atoms with Crippen LogP contribution in [0.15, 0.2) is 0 Å². The summed E-state index contributed by atoms with van der Waals surface area (Å²) in [6.45, 7) is 2.54. The first-order valence-corrected chi connectivity index (χ1v) is 3.15. The minimum atomic E-state index is 0.190. The molecule has 0 spiro atoms. The van der Waals surface area contributed by atoms with Crippen molar-refractivity contribution >= 4 is 0 Å². The van der Waals surface area contributed by atoms with Crippen LogP contribution in [0.3, 0.4) is 0 Å². The monoisotopic (exact) mass is 131 g/mol. The van der Waals surface area contributed by atoms with Crippen molar-refractivity contribution in [2.45, 2.75) is 6.23 Å². The summed E-state index contributed by atoms with van der Waals surface area (Å²) in [6.07, 6.45) is 0.190. The molecule has 9 heavy (non-hydrogen) atoms. The van der Waals surface area contributed by atoms with Crippen LogP contribution in [0, 0.1) is 0 Å². The van der Waals surface area contributed by atoms with Crippen molar-refractivity contribution in [2.24, 2.45) is 0 Å². The van der Waals surface area contributed by atoms with Gasteiger partial charge in [-0.2, -0.15) is 0 Å². The zero-order valence-electron chi connectivity index (χ0n) is 5.96. The molecule has 0 radical (unpaired) electrons. The lowest BCUT2D eigenvalue weighted by Crippen LogP contribution is -2.29. The molecule has 0 aromatic carbocycles. The Hall–Kier alpha value is -0.120. The topological polar surface area (TPSA) is 21.7 Å². The van der Waals surface area contributed by atoms with E-state index in [1.807, 2.05) is 7.05 Å². The summed E-state index contributed by atoms with van der Waals surface area (Å²) in [5, 5.41) is 0. The number of ether oxygens (including phenoxy) is 2. The number of likely N-dealkylation sites (N-methyl/N-ethyl adjacent to an activating group) is 1. The maximum Gasteiger partial charge on any atom is 0.134 e. The summed E-state index contributed by atoms with van der Waals surface area (Å²) in [5.41, 5.74) is 0. The van der Waals surface area contributed by atoms with E-state index in [-0.39, 0.29) is 6.23 Å². The highest BCUT2D eigenvalue weighted by Gasteiger charge is 2.20. The highest BCUT2D eigenvalue weighted by atomic mass is 16.5. The SMILES string of the molecule is COC[C@H]1OCCN1C. The van der Waals surface area contributed by atoms with Crippen molar-refractivity contribution in [1.82, 2.24) is 4.90 Å². The highest BCUT2D eigenvalue weighted by molar-refractivity contribution is 4.63. The van der Waals surface area contributed by atoms with Gasteiger partial charge in [0.05, 0.1) is 13.2 Å². The van der Waals surface area contributed by atoms with E-state index in [9.17, 15) is 0 Å². The summed E-state index contributed by atoms with van der Waals surface area (Å²) in [4.78, 5) is 2.14. The van der Waals surface area contributed by atoms with Gasteiger partial charge in [0.25, 0.3) is 0 Å². The Balaban J connectivity index is 2.22. The van der Waals surface area contributed by atoms with Gasteiger partial charge in [0, 0.05) is 13.7 Å². The van der Waals surface area contributed by atoms with Crippen molar-refractivity contribution in [1.29, 1.82) is 0 Å². The molecule has 1 rings (SSSR count).